The maximum absolute atomic E-state index is 13.6. The van der Waals surface area contributed by atoms with Crippen LogP contribution in [0.4, 0.5) is 15.8 Å². The largest absolute Gasteiger partial charge is 0.322 e. The monoisotopic (exact) mass is 328 g/mol. The summed E-state index contributed by atoms with van der Waals surface area (Å²) in [6.45, 7) is 2.51. The normalized spacial score (nSPS) is 10.1. The minimum atomic E-state index is -0.550. The fourth-order valence-corrected chi connectivity index (χ4v) is 2.16. The van der Waals surface area contributed by atoms with E-state index in [0.29, 0.717) is 11.3 Å². The third-order valence-electron chi connectivity index (χ3n) is 3.42. The van der Waals surface area contributed by atoms with Crippen LogP contribution in [0, 0.1) is 5.82 Å². The molecule has 0 fully saturated rings. The number of Topliss-reactive ketones (excluding diaryl/α,β-unsaturated/α-hetero) is 1. The van der Waals surface area contributed by atoms with Gasteiger partial charge in [0, 0.05) is 18.2 Å². The van der Waals surface area contributed by atoms with E-state index in [9.17, 15) is 18.8 Å². The van der Waals surface area contributed by atoms with Gasteiger partial charge in [0.1, 0.15) is 12.4 Å². The van der Waals surface area contributed by atoms with Crippen molar-refractivity contribution in [2.75, 3.05) is 16.8 Å². The SMILES string of the molecule is CC(=O)c1ccc(N(CC(=O)Nc2ccccc2F)C(C)=O)cc1. The first-order valence-corrected chi connectivity index (χ1v) is 7.32. The number of ketones is 1. The molecule has 0 spiro atoms. The van der Waals surface area contributed by atoms with Crippen molar-refractivity contribution in [3.8, 4) is 0 Å². The number of halogens is 1. The number of anilines is 2. The molecule has 0 aliphatic rings. The highest BCUT2D eigenvalue weighted by molar-refractivity contribution is 6.02. The Morgan fingerprint density at radius 2 is 1.62 bits per heavy atom. The van der Waals surface area contributed by atoms with Crippen molar-refractivity contribution < 1.29 is 18.8 Å². The van der Waals surface area contributed by atoms with Crippen molar-refractivity contribution in [1.82, 2.24) is 0 Å². The van der Waals surface area contributed by atoms with Gasteiger partial charge >= 0.3 is 0 Å². The Hall–Kier alpha value is -3.02. The van der Waals surface area contributed by atoms with E-state index in [-0.39, 0.29) is 23.9 Å². The first kappa shape index (κ1) is 17.3. The minimum absolute atomic E-state index is 0.0536. The lowest BCUT2D eigenvalue weighted by molar-refractivity contribution is -0.120. The number of carbonyl (C=O) groups excluding carboxylic acids is 3. The van der Waals surface area contributed by atoms with Gasteiger partial charge in [-0.25, -0.2) is 4.39 Å². The maximum Gasteiger partial charge on any atom is 0.244 e. The predicted molar refractivity (Wildman–Crippen MR) is 89.5 cm³/mol. The number of nitrogens with zero attached hydrogens (tertiary/aromatic N) is 1. The molecule has 2 rings (SSSR count). The summed E-state index contributed by atoms with van der Waals surface area (Å²) in [5.74, 6) is -1.50. The van der Waals surface area contributed by atoms with Gasteiger partial charge in [-0.2, -0.15) is 0 Å². The highest BCUT2D eigenvalue weighted by Gasteiger charge is 2.17. The molecule has 6 heteroatoms. The van der Waals surface area contributed by atoms with Gasteiger partial charge in [-0.3, -0.25) is 14.4 Å². The number of hydrogen-bond acceptors (Lipinski definition) is 3. The van der Waals surface area contributed by atoms with Crippen LogP contribution in [0.15, 0.2) is 48.5 Å². The molecule has 2 amide bonds. The molecular weight excluding hydrogens is 311 g/mol. The molecule has 0 aliphatic carbocycles. The van der Waals surface area contributed by atoms with Gasteiger partial charge in [-0.15, -0.1) is 0 Å². The lowest BCUT2D eigenvalue weighted by Crippen LogP contribution is -2.36. The molecule has 0 aliphatic heterocycles. The van der Waals surface area contributed by atoms with Crippen molar-refractivity contribution in [1.29, 1.82) is 0 Å². The van der Waals surface area contributed by atoms with Gasteiger partial charge in [0.15, 0.2) is 5.78 Å². The molecule has 24 heavy (non-hydrogen) atoms. The number of amides is 2. The van der Waals surface area contributed by atoms with E-state index < -0.39 is 11.7 Å². The van der Waals surface area contributed by atoms with Crippen molar-refractivity contribution >= 4 is 29.0 Å². The highest BCUT2D eigenvalue weighted by Crippen LogP contribution is 2.17. The molecule has 0 atom stereocenters. The van der Waals surface area contributed by atoms with Gasteiger partial charge in [-0.05, 0) is 43.3 Å². The van der Waals surface area contributed by atoms with Crippen molar-refractivity contribution in [3.05, 3.63) is 59.9 Å². The maximum atomic E-state index is 13.6. The van der Waals surface area contributed by atoms with E-state index in [4.69, 9.17) is 0 Å². The fourth-order valence-electron chi connectivity index (χ4n) is 2.16. The molecule has 0 aromatic heterocycles. The topological polar surface area (TPSA) is 66.5 Å². The molecule has 0 radical (unpaired) electrons. The number of benzene rings is 2. The number of para-hydroxylation sites is 1. The van der Waals surface area contributed by atoms with Crippen LogP contribution < -0.4 is 10.2 Å². The summed E-state index contributed by atoms with van der Waals surface area (Å²) >= 11 is 0. The average molecular weight is 328 g/mol. The van der Waals surface area contributed by atoms with E-state index >= 15 is 0 Å². The predicted octanol–water partition coefficient (Wildman–Crippen LogP) is 3.02. The summed E-state index contributed by atoms with van der Waals surface area (Å²) in [4.78, 5) is 36.5. The van der Waals surface area contributed by atoms with Gasteiger partial charge in [0.2, 0.25) is 11.8 Å². The zero-order valence-corrected chi connectivity index (χ0v) is 13.4. The molecule has 5 nitrogen and oxygen atoms in total. The molecule has 124 valence electrons. The Morgan fingerprint density at radius 3 is 2.17 bits per heavy atom. The summed E-state index contributed by atoms with van der Waals surface area (Å²) in [6.07, 6.45) is 0. The van der Waals surface area contributed by atoms with Gasteiger partial charge in [0.05, 0.1) is 5.69 Å². The summed E-state index contributed by atoms with van der Waals surface area (Å²) in [5, 5.41) is 2.43. The molecule has 0 unspecified atom stereocenters. The van der Waals surface area contributed by atoms with Gasteiger partial charge in [-0.1, -0.05) is 12.1 Å². The smallest absolute Gasteiger partial charge is 0.244 e. The Balaban J connectivity index is 2.13. The van der Waals surface area contributed by atoms with Crippen LogP contribution in [0.25, 0.3) is 0 Å². The number of carbonyl (C=O) groups is 3. The molecule has 2 aromatic rings. The first-order chi connectivity index (χ1) is 11.4. The summed E-state index contributed by atoms with van der Waals surface area (Å²) in [7, 11) is 0. The Morgan fingerprint density at radius 1 is 1.00 bits per heavy atom. The minimum Gasteiger partial charge on any atom is -0.322 e. The Labute approximate surface area is 139 Å². The van der Waals surface area contributed by atoms with Crippen LogP contribution in [-0.4, -0.2) is 24.1 Å². The Bertz CT molecular complexity index is 772. The molecule has 0 saturated carbocycles. The van der Waals surface area contributed by atoms with E-state index in [1.165, 1.54) is 36.9 Å². The summed E-state index contributed by atoms with van der Waals surface area (Å²) in [5.41, 5.74) is 1.05. The lowest BCUT2D eigenvalue weighted by atomic mass is 10.1. The zero-order valence-electron chi connectivity index (χ0n) is 13.4. The lowest BCUT2D eigenvalue weighted by Gasteiger charge is -2.21. The zero-order chi connectivity index (χ0) is 17.7. The number of nitrogens with one attached hydrogen (secondary N) is 1. The fraction of sp³-hybridized carbons (Fsp3) is 0.167. The van der Waals surface area contributed by atoms with Crippen molar-refractivity contribution in [2.24, 2.45) is 0 Å². The standard InChI is InChI=1S/C18H17FN2O3/c1-12(22)14-7-9-15(10-8-14)21(13(2)23)11-18(24)20-17-6-4-3-5-16(17)19/h3-10H,11H2,1-2H3,(H,20,24). The van der Waals surface area contributed by atoms with Crippen LogP contribution in [0.3, 0.4) is 0 Å². The molecule has 0 bridgehead atoms. The van der Waals surface area contributed by atoms with Crippen molar-refractivity contribution in [2.45, 2.75) is 13.8 Å². The molecule has 0 heterocycles. The molecule has 2 aromatic carbocycles. The second-order valence-corrected chi connectivity index (χ2v) is 5.24. The van der Waals surface area contributed by atoms with E-state index in [1.807, 2.05) is 0 Å². The number of rotatable bonds is 5. The van der Waals surface area contributed by atoms with Gasteiger partial charge in [0.25, 0.3) is 0 Å². The first-order valence-electron chi connectivity index (χ1n) is 7.32. The quantitative estimate of drug-likeness (QED) is 0.858. The third kappa shape index (κ3) is 4.25. The molecule has 1 N–H and O–H groups in total. The van der Waals surface area contributed by atoms with E-state index in [1.54, 1.807) is 30.3 Å². The third-order valence-corrected chi connectivity index (χ3v) is 3.42. The average Bonchev–Trinajstić information content (AvgIpc) is 2.54. The second-order valence-electron chi connectivity index (χ2n) is 5.24. The van der Waals surface area contributed by atoms with Gasteiger partial charge < -0.3 is 10.2 Å². The number of hydrogen-bond donors (Lipinski definition) is 1. The second kappa shape index (κ2) is 7.50. The van der Waals surface area contributed by atoms with E-state index in [2.05, 4.69) is 5.32 Å². The van der Waals surface area contributed by atoms with Crippen LogP contribution in [0.1, 0.15) is 24.2 Å². The summed E-state index contributed by atoms with van der Waals surface area (Å²) < 4.78 is 13.6. The van der Waals surface area contributed by atoms with Crippen LogP contribution in [0.5, 0.6) is 0 Å². The van der Waals surface area contributed by atoms with Crippen LogP contribution in [-0.2, 0) is 9.59 Å². The van der Waals surface area contributed by atoms with E-state index in [0.717, 1.165) is 0 Å². The van der Waals surface area contributed by atoms with Crippen molar-refractivity contribution in [3.63, 3.8) is 0 Å². The highest BCUT2D eigenvalue weighted by atomic mass is 19.1. The molecule has 0 saturated heterocycles. The summed E-state index contributed by atoms with van der Waals surface area (Å²) in [6, 6.07) is 12.1. The Kier molecular flexibility index (Phi) is 5.42. The molecular formula is C18H17FN2O3. The van der Waals surface area contributed by atoms with Crippen LogP contribution >= 0.6 is 0 Å². The van der Waals surface area contributed by atoms with Crippen LogP contribution in [0.2, 0.25) is 0 Å².